The van der Waals surface area contributed by atoms with Gasteiger partial charge in [-0.25, -0.2) is 17.1 Å². The lowest BCUT2D eigenvalue weighted by Crippen LogP contribution is -2.39. The lowest BCUT2D eigenvalue weighted by atomic mass is 10.1. The number of sulfonamides is 1. The first kappa shape index (κ1) is 20.4. The maximum atomic E-state index is 13.7. The molecule has 8 heteroatoms. The standard InChI is InChI=1S/C18H20ClFN2O3S/c1-26(24,25)22(11-9-14-5-2-3-8-17(14)20)12-10-21-18(23)15-6-4-7-16(19)13-15/h2-8,13H,9-12H2,1H3,(H,21,23). The van der Waals surface area contributed by atoms with Gasteiger partial charge in [-0.15, -0.1) is 0 Å². The molecule has 2 aromatic carbocycles. The SMILES string of the molecule is CS(=O)(=O)N(CCNC(=O)c1cccc(Cl)c1)CCc1ccccc1F. The van der Waals surface area contributed by atoms with E-state index >= 15 is 0 Å². The van der Waals surface area contributed by atoms with Crippen LogP contribution in [0.4, 0.5) is 4.39 Å². The summed E-state index contributed by atoms with van der Waals surface area (Å²) >= 11 is 5.85. The number of hydrogen-bond acceptors (Lipinski definition) is 3. The van der Waals surface area contributed by atoms with Crippen molar-refractivity contribution in [1.82, 2.24) is 9.62 Å². The molecule has 0 radical (unpaired) electrons. The number of nitrogens with one attached hydrogen (secondary N) is 1. The van der Waals surface area contributed by atoms with Gasteiger partial charge in [0, 0.05) is 30.2 Å². The van der Waals surface area contributed by atoms with E-state index in [-0.39, 0.29) is 37.8 Å². The number of hydrogen-bond donors (Lipinski definition) is 1. The van der Waals surface area contributed by atoms with Crippen molar-refractivity contribution in [1.29, 1.82) is 0 Å². The summed E-state index contributed by atoms with van der Waals surface area (Å²) in [5.74, 6) is -0.703. The summed E-state index contributed by atoms with van der Waals surface area (Å²) < 4.78 is 38.8. The quantitative estimate of drug-likeness (QED) is 0.743. The van der Waals surface area contributed by atoms with Crippen molar-refractivity contribution in [3.05, 3.63) is 70.5 Å². The van der Waals surface area contributed by atoms with Crippen LogP contribution in [0.1, 0.15) is 15.9 Å². The van der Waals surface area contributed by atoms with Crippen molar-refractivity contribution in [2.24, 2.45) is 0 Å². The van der Waals surface area contributed by atoms with Crippen molar-refractivity contribution in [2.45, 2.75) is 6.42 Å². The molecule has 0 aliphatic carbocycles. The molecule has 5 nitrogen and oxygen atoms in total. The Bertz CT molecular complexity index is 874. The molecule has 0 saturated carbocycles. The van der Waals surface area contributed by atoms with Crippen LogP contribution >= 0.6 is 11.6 Å². The summed E-state index contributed by atoms with van der Waals surface area (Å²) in [5, 5.41) is 3.11. The van der Waals surface area contributed by atoms with Crippen molar-refractivity contribution in [3.63, 3.8) is 0 Å². The van der Waals surface area contributed by atoms with E-state index in [2.05, 4.69) is 5.32 Å². The Labute approximate surface area is 157 Å². The van der Waals surface area contributed by atoms with Crippen LogP contribution in [-0.2, 0) is 16.4 Å². The largest absolute Gasteiger partial charge is 0.351 e. The Balaban J connectivity index is 1.92. The van der Waals surface area contributed by atoms with Gasteiger partial charge in [-0.3, -0.25) is 4.79 Å². The summed E-state index contributed by atoms with van der Waals surface area (Å²) in [4.78, 5) is 12.1. The van der Waals surface area contributed by atoms with E-state index in [0.29, 0.717) is 16.1 Å². The van der Waals surface area contributed by atoms with Gasteiger partial charge in [-0.05, 0) is 36.2 Å². The van der Waals surface area contributed by atoms with Gasteiger partial charge >= 0.3 is 0 Å². The second-order valence-electron chi connectivity index (χ2n) is 5.77. The van der Waals surface area contributed by atoms with Crippen molar-refractivity contribution in [2.75, 3.05) is 25.9 Å². The van der Waals surface area contributed by atoms with Crippen LogP contribution < -0.4 is 5.32 Å². The molecule has 0 aliphatic heterocycles. The maximum Gasteiger partial charge on any atom is 0.251 e. The molecule has 0 atom stereocenters. The van der Waals surface area contributed by atoms with Crippen molar-refractivity contribution in [3.8, 4) is 0 Å². The van der Waals surface area contributed by atoms with Crippen molar-refractivity contribution >= 4 is 27.5 Å². The molecule has 0 aromatic heterocycles. The third-order valence-corrected chi connectivity index (χ3v) is 5.33. The van der Waals surface area contributed by atoms with Crippen LogP contribution in [0, 0.1) is 5.82 Å². The lowest BCUT2D eigenvalue weighted by Gasteiger charge is -2.20. The number of rotatable bonds is 8. The third-order valence-electron chi connectivity index (χ3n) is 3.79. The number of nitrogens with zero attached hydrogens (tertiary/aromatic N) is 1. The second-order valence-corrected chi connectivity index (χ2v) is 8.19. The Morgan fingerprint density at radius 3 is 2.54 bits per heavy atom. The molecule has 26 heavy (non-hydrogen) atoms. The second kappa shape index (κ2) is 9.12. The molecular formula is C18H20ClFN2O3S. The fourth-order valence-electron chi connectivity index (χ4n) is 2.42. The van der Waals surface area contributed by atoms with Gasteiger partial charge in [0.2, 0.25) is 10.0 Å². The minimum atomic E-state index is -3.48. The molecule has 0 bridgehead atoms. The molecule has 0 spiro atoms. The summed E-state index contributed by atoms with van der Waals surface area (Å²) in [6.07, 6.45) is 1.34. The fraction of sp³-hybridized carbons (Fsp3) is 0.278. The first-order chi connectivity index (χ1) is 12.3. The number of carbonyl (C=O) groups excluding carboxylic acids is 1. The minimum absolute atomic E-state index is 0.0968. The molecule has 0 saturated heterocycles. The van der Waals surface area contributed by atoms with Crippen LogP contribution in [-0.4, -0.2) is 44.5 Å². The van der Waals surface area contributed by atoms with Gasteiger partial charge in [0.1, 0.15) is 5.82 Å². The fourth-order valence-corrected chi connectivity index (χ4v) is 3.45. The first-order valence-corrected chi connectivity index (χ1v) is 10.2. The Hall–Kier alpha value is -1.96. The van der Waals surface area contributed by atoms with Gasteiger partial charge in [-0.1, -0.05) is 35.9 Å². The normalized spacial score (nSPS) is 11.5. The average molecular weight is 399 g/mol. The van der Waals surface area contributed by atoms with Gasteiger partial charge in [0.15, 0.2) is 0 Å². The third kappa shape index (κ3) is 6.09. The zero-order valence-electron chi connectivity index (χ0n) is 14.3. The molecule has 0 unspecified atom stereocenters. The number of amides is 1. The predicted octanol–water partition coefficient (Wildman–Crippen LogP) is 2.71. The van der Waals surface area contributed by atoms with E-state index in [4.69, 9.17) is 11.6 Å². The summed E-state index contributed by atoms with van der Waals surface area (Å²) in [5.41, 5.74) is 0.846. The van der Waals surface area contributed by atoms with E-state index in [0.717, 1.165) is 6.26 Å². The Kier molecular flexibility index (Phi) is 7.14. The molecule has 0 aliphatic rings. The van der Waals surface area contributed by atoms with E-state index in [9.17, 15) is 17.6 Å². The highest BCUT2D eigenvalue weighted by Gasteiger charge is 2.17. The van der Waals surface area contributed by atoms with E-state index in [1.807, 2.05) is 0 Å². The zero-order chi connectivity index (χ0) is 19.2. The minimum Gasteiger partial charge on any atom is -0.351 e. The summed E-state index contributed by atoms with van der Waals surface area (Å²) in [6, 6.07) is 12.7. The first-order valence-electron chi connectivity index (χ1n) is 7.99. The Morgan fingerprint density at radius 1 is 1.15 bits per heavy atom. The van der Waals surface area contributed by atoms with Crippen LogP contribution in [0.2, 0.25) is 5.02 Å². The lowest BCUT2D eigenvalue weighted by molar-refractivity contribution is 0.0951. The van der Waals surface area contributed by atoms with Crippen LogP contribution in [0.25, 0.3) is 0 Å². The summed E-state index contributed by atoms with van der Waals surface area (Å²) in [7, 11) is -3.48. The number of carbonyl (C=O) groups is 1. The molecule has 0 fully saturated rings. The van der Waals surface area contributed by atoms with Crippen LogP contribution in [0.3, 0.4) is 0 Å². The maximum absolute atomic E-state index is 13.7. The molecule has 2 aromatic rings. The molecular weight excluding hydrogens is 379 g/mol. The topological polar surface area (TPSA) is 66.5 Å². The van der Waals surface area contributed by atoms with E-state index in [1.54, 1.807) is 36.4 Å². The highest BCUT2D eigenvalue weighted by molar-refractivity contribution is 7.88. The van der Waals surface area contributed by atoms with Crippen molar-refractivity contribution < 1.29 is 17.6 Å². The number of halogens is 2. The molecule has 140 valence electrons. The highest BCUT2D eigenvalue weighted by atomic mass is 35.5. The van der Waals surface area contributed by atoms with Crippen LogP contribution in [0.5, 0.6) is 0 Å². The van der Waals surface area contributed by atoms with Gasteiger partial charge < -0.3 is 5.32 Å². The van der Waals surface area contributed by atoms with Gasteiger partial charge in [-0.2, -0.15) is 0 Å². The molecule has 1 amide bonds. The predicted molar refractivity (Wildman–Crippen MR) is 100 cm³/mol. The number of benzene rings is 2. The van der Waals surface area contributed by atoms with Gasteiger partial charge in [0.25, 0.3) is 5.91 Å². The smallest absolute Gasteiger partial charge is 0.251 e. The molecule has 1 N–H and O–H groups in total. The summed E-state index contributed by atoms with van der Waals surface area (Å²) in [6.45, 7) is 0.363. The monoisotopic (exact) mass is 398 g/mol. The van der Waals surface area contributed by atoms with E-state index in [1.165, 1.54) is 16.4 Å². The highest BCUT2D eigenvalue weighted by Crippen LogP contribution is 2.11. The molecule has 0 heterocycles. The average Bonchev–Trinajstić information content (AvgIpc) is 2.58. The Morgan fingerprint density at radius 2 is 1.88 bits per heavy atom. The van der Waals surface area contributed by atoms with Crippen LogP contribution in [0.15, 0.2) is 48.5 Å². The zero-order valence-corrected chi connectivity index (χ0v) is 15.9. The molecule has 2 rings (SSSR count). The van der Waals surface area contributed by atoms with Gasteiger partial charge in [0.05, 0.1) is 6.26 Å². The van der Waals surface area contributed by atoms with E-state index < -0.39 is 10.0 Å².